The van der Waals surface area contributed by atoms with Crippen LogP contribution in [0.1, 0.15) is 45.1 Å². The Hall–Kier alpha value is -2.79. The molecule has 3 N–H and O–H groups in total. The summed E-state index contributed by atoms with van der Waals surface area (Å²) in [5.74, 6) is -2.54. The van der Waals surface area contributed by atoms with E-state index >= 15 is 0 Å². The maximum Gasteiger partial charge on any atom is 0.408 e. The third kappa shape index (κ3) is 5.47. The molecule has 11 heteroatoms. The Morgan fingerprint density at radius 3 is 2.44 bits per heavy atom. The van der Waals surface area contributed by atoms with Gasteiger partial charge in [0.1, 0.15) is 18.4 Å². The predicted octanol–water partition coefficient (Wildman–Crippen LogP) is 1.64. The van der Waals surface area contributed by atoms with E-state index < -0.39 is 63.5 Å². The molecule has 0 heterocycles. The lowest BCUT2D eigenvalue weighted by Gasteiger charge is -2.36. The van der Waals surface area contributed by atoms with Crippen molar-refractivity contribution in [1.29, 1.82) is 0 Å². The Labute approximate surface area is 198 Å². The second-order valence-corrected chi connectivity index (χ2v) is 11.4. The zero-order chi connectivity index (χ0) is 25.1. The highest BCUT2D eigenvalue weighted by Crippen LogP contribution is 2.64. The third-order valence-corrected chi connectivity index (χ3v) is 8.77. The number of carboxylic acid groups (broad SMARTS) is 1. The van der Waals surface area contributed by atoms with Crippen LogP contribution in [-0.4, -0.2) is 55.5 Å². The van der Waals surface area contributed by atoms with Crippen LogP contribution >= 0.6 is 0 Å². The van der Waals surface area contributed by atoms with Gasteiger partial charge in [-0.1, -0.05) is 44.2 Å². The molecule has 2 unspecified atom stereocenters. The molecule has 0 saturated heterocycles. The molecule has 1 amide bonds. The Balaban J connectivity index is 1.59. The molecule has 2 bridgehead atoms. The van der Waals surface area contributed by atoms with E-state index in [4.69, 9.17) is 9.84 Å². The summed E-state index contributed by atoms with van der Waals surface area (Å²) >= 11 is 0. The number of fused-ring (bicyclic) bond motifs is 2. The molecular weight excluding hydrogens is 464 g/mol. The summed E-state index contributed by atoms with van der Waals surface area (Å²) < 4.78 is 32.8. The highest BCUT2D eigenvalue weighted by molar-refractivity contribution is 7.89. The summed E-state index contributed by atoms with van der Waals surface area (Å²) in [6.45, 7) is 3.02. The van der Waals surface area contributed by atoms with Crippen LogP contribution in [0.2, 0.25) is 0 Å². The molecule has 0 aliphatic heterocycles. The summed E-state index contributed by atoms with van der Waals surface area (Å²) in [5.41, 5.74) is -0.755. The number of nitrogens with one attached hydrogen (secondary N) is 2. The largest absolute Gasteiger partial charge is 0.481 e. The molecule has 0 radical (unpaired) electrons. The molecule has 3 rings (SSSR count). The zero-order valence-corrected chi connectivity index (χ0v) is 20.0. The van der Waals surface area contributed by atoms with E-state index in [1.807, 2.05) is 13.8 Å². The van der Waals surface area contributed by atoms with E-state index in [1.54, 1.807) is 30.3 Å². The lowest BCUT2D eigenvalue weighted by Crippen LogP contribution is -2.49. The van der Waals surface area contributed by atoms with Crippen molar-refractivity contribution in [2.24, 2.45) is 16.7 Å². The molecule has 2 aliphatic rings. The van der Waals surface area contributed by atoms with Crippen LogP contribution in [0.3, 0.4) is 0 Å². The number of carboxylic acids is 1. The topological polar surface area (TPSA) is 156 Å². The van der Waals surface area contributed by atoms with Crippen LogP contribution in [0.15, 0.2) is 30.3 Å². The van der Waals surface area contributed by atoms with Gasteiger partial charge in [-0.2, -0.15) is 0 Å². The number of alkyl carbamates (subject to hydrolysis) is 1. The number of rotatable bonds is 11. The molecule has 186 valence electrons. The normalized spacial score (nSPS) is 23.9. The predicted molar refractivity (Wildman–Crippen MR) is 121 cm³/mol. The fraction of sp³-hybridized carbons (Fsp3) is 0.565. The number of Topliss-reactive ketones (excluding diaryl/α,β-unsaturated/α-hetero) is 2. The first-order chi connectivity index (χ1) is 15.9. The van der Waals surface area contributed by atoms with Gasteiger partial charge < -0.3 is 15.2 Å². The van der Waals surface area contributed by atoms with Crippen molar-refractivity contribution in [2.45, 2.75) is 52.2 Å². The molecule has 10 nitrogen and oxygen atoms in total. The number of amides is 1. The Morgan fingerprint density at radius 2 is 1.88 bits per heavy atom. The highest BCUT2D eigenvalue weighted by Gasteiger charge is 2.65. The van der Waals surface area contributed by atoms with Gasteiger partial charge in [-0.15, -0.1) is 0 Å². The summed E-state index contributed by atoms with van der Waals surface area (Å²) in [7, 11) is -4.03. The molecule has 3 atom stereocenters. The molecule has 34 heavy (non-hydrogen) atoms. The van der Waals surface area contributed by atoms with Gasteiger partial charge in [-0.3, -0.25) is 14.4 Å². The molecule has 1 aromatic rings. The van der Waals surface area contributed by atoms with Gasteiger partial charge in [0, 0.05) is 11.8 Å². The lowest BCUT2D eigenvalue weighted by molar-refractivity contribution is -0.139. The number of carbonyl (C=O) groups is 4. The maximum atomic E-state index is 12.8. The first-order valence-electron chi connectivity index (χ1n) is 11.1. The molecule has 2 aliphatic carbocycles. The van der Waals surface area contributed by atoms with Crippen LogP contribution in [0, 0.1) is 16.7 Å². The molecule has 2 fully saturated rings. The molecule has 2 saturated carbocycles. The molecule has 0 spiro atoms. The van der Waals surface area contributed by atoms with Crippen molar-refractivity contribution in [3.05, 3.63) is 35.9 Å². The second-order valence-electron chi connectivity index (χ2n) is 9.57. The Kier molecular flexibility index (Phi) is 7.47. The minimum atomic E-state index is -4.03. The number of benzene rings is 1. The van der Waals surface area contributed by atoms with Crippen molar-refractivity contribution in [2.75, 3.05) is 12.3 Å². The number of ketones is 2. The highest BCUT2D eigenvalue weighted by atomic mass is 32.2. The van der Waals surface area contributed by atoms with Crippen molar-refractivity contribution in [1.82, 2.24) is 10.0 Å². The van der Waals surface area contributed by atoms with Crippen LogP contribution in [0.5, 0.6) is 0 Å². The van der Waals surface area contributed by atoms with E-state index in [9.17, 15) is 27.6 Å². The number of aliphatic carboxylic acids is 1. The van der Waals surface area contributed by atoms with Gasteiger partial charge in [-0.05, 0) is 29.7 Å². The number of sulfonamides is 1. The Morgan fingerprint density at radius 1 is 1.21 bits per heavy atom. The fourth-order valence-electron chi connectivity index (χ4n) is 5.11. The summed E-state index contributed by atoms with van der Waals surface area (Å²) in [5, 5.41) is 11.3. The van der Waals surface area contributed by atoms with Gasteiger partial charge in [-0.25, -0.2) is 17.9 Å². The monoisotopic (exact) mass is 494 g/mol. The number of carbonyl (C=O) groups excluding carboxylic acids is 3. The van der Waals surface area contributed by atoms with Crippen molar-refractivity contribution >= 4 is 33.7 Å². The minimum absolute atomic E-state index is 0.0722. The van der Waals surface area contributed by atoms with Crippen LogP contribution < -0.4 is 10.0 Å². The SMILES string of the molecule is CC1(C)C2CC[C@@]1(CS(=O)(=O)NCC(=O)C(CC(=O)O)NC(=O)OCc1ccccc1)C(=O)C2. The van der Waals surface area contributed by atoms with Gasteiger partial charge >= 0.3 is 12.1 Å². The summed E-state index contributed by atoms with van der Waals surface area (Å²) in [6, 6.07) is 7.27. The van der Waals surface area contributed by atoms with E-state index in [0.29, 0.717) is 18.4 Å². The van der Waals surface area contributed by atoms with Crippen molar-refractivity contribution in [3.63, 3.8) is 0 Å². The third-order valence-electron chi connectivity index (χ3n) is 7.31. The molecule has 0 aromatic heterocycles. The smallest absolute Gasteiger partial charge is 0.408 e. The average Bonchev–Trinajstić information content (AvgIpc) is 3.10. The van der Waals surface area contributed by atoms with Gasteiger partial charge in [0.15, 0.2) is 5.78 Å². The van der Waals surface area contributed by atoms with Gasteiger partial charge in [0.2, 0.25) is 10.0 Å². The number of hydrogen-bond acceptors (Lipinski definition) is 7. The summed E-state index contributed by atoms with van der Waals surface area (Å²) in [4.78, 5) is 48.5. The Bertz CT molecular complexity index is 1070. The number of hydrogen-bond donors (Lipinski definition) is 3. The van der Waals surface area contributed by atoms with Crippen LogP contribution in [-0.2, 0) is 35.8 Å². The van der Waals surface area contributed by atoms with Crippen molar-refractivity contribution < 1.29 is 37.4 Å². The standard InChI is InChI=1S/C23H30N2O8S/c1-22(2)16-8-9-23(22,19(27)10-16)14-34(31,32)24-12-18(26)17(11-20(28)29)25-21(30)33-13-15-6-4-3-5-7-15/h3-7,16-17,24H,8-14H2,1-2H3,(H,25,30)(H,28,29)/t16?,17?,23-/m1/s1. The van der Waals surface area contributed by atoms with Gasteiger partial charge in [0.25, 0.3) is 0 Å². The quantitative estimate of drug-likeness (QED) is 0.419. The first kappa shape index (κ1) is 25.8. The fourth-order valence-corrected chi connectivity index (χ4v) is 6.91. The lowest BCUT2D eigenvalue weighted by atomic mass is 9.70. The average molecular weight is 495 g/mol. The maximum absolute atomic E-state index is 12.8. The molecule has 1 aromatic carbocycles. The second kappa shape index (κ2) is 9.83. The van der Waals surface area contributed by atoms with Crippen LogP contribution in [0.25, 0.3) is 0 Å². The number of ether oxygens (including phenoxy) is 1. The van der Waals surface area contributed by atoms with E-state index in [2.05, 4.69) is 10.0 Å². The zero-order valence-electron chi connectivity index (χ0n) is 19.2. The molecular formula is C23H30N2O8S. The van der Waals surface area contributed by atoms with Crippen molar-refractivity contribution in [3.8, 4) is 0 Å². The first-order valence-corrected chi connectivity index (χ1v) is 12.7. The van der Waals surface area contributed by atoms with E-state index in [0.717, 1.165) is 6.42 Å². The summed E-state index contributed by atoms with van der Waals surface area (Å²) in [6.07, 6.45) is -0.118. The van der Waals surface area contributed by atoms with Crippen LogP contribution in [0.4, 0.5) is 4.79 Å². The van der Waals surface area contributed by atoms with Gasteiger partial charge in [0.05, 0.1) is 18.7 Å². The van der Waals surface area contributed by atoms with E-state index in [-0.39, 0.29) is 18.3 Å². The minimum Gasteiger partial charge on any atom is -0.481 e. The van der Waals surface area contributed by atoms with E-state index in [1.165, 1.54) is 0 Å².